The van der Waals surface area contributed by atoms with Crippen LogP contribution in [0.3, 0.4) is 0 Å². The second kappa shape index (κ2) is 5.46. The number of imidazole rings is 1. The van der Waals surface area contributed by atoms with E-state index in [1.165, 1.54) is 0 Å². The number of nitrogens with zero attached hydrogens (tertiary/aromatic N) is 3. The number of carbonyl (C=O) groups is 1. The fraction of sp³-hybridized carbons (Fsp3) is 0.200. The number of rotatable bonds is 1. The zero-order valence-corrected chi connectivity index (χ0v) is 14.3. The summed E-state index contributed by atoms with van der Waals surface area (Å²) in [6.07, 6.45) is 3.76. The van der Waals surface area contributed by atoms with Gasteiger partial charge in [0.15, 0.2) is 0 Å². The summed E-state index contributed by atoms with van der Waals surface area (Å²) < 4.78 is 2.05. The molecule has 2 aliphatic heterocycles. The van der Waals surface area contributed by atoms with Gasteiger partial charge in [-0.2, -0.15) is 0 Å². The summed E-state index contributed by atoms with van der Waals surface area (Å²) in [7, 11) is 0. The highest BCUT2D eigenvalue weighted by molar-refractivity contribution is 6.34. The van der Waals surface area contributed by atoms with Crippen LogP contribution in [0.1, 0.15) is 34.9 Å². The molecular formula is C20H16ClN3O. The molecule has 25 heavy (non-hydrogen) atoms. The minimum absolute atomic E-state index is 0.0193. The lowest BCUT2D eigenvalue weighted by Gasteiger charge is -2.23. The Hall–Kier alpha value is -2.59. The maximum absolute atomic E-state index is 13.2. The number of halogens is 1. The number of benzene rings is 2. The van der Waals surface area contributed by atoms with Crippen molar-refractivity contribution in [3.63, 3.8) is 0 Å². The number of hydrogen-bond donors (Lipinski definition) is 0. The van der Waals surface area contributed by atoms with Crippen LogP contribution in [0.15, 0.2) is 54.9 Å². The number of carbonyl (C=O) groups excluding carboxylic acids is 1. The minimum Gasteiger partial charge on any atom is -0.330 e. The van der Waals surface area contributed by atoms with E-state index in [1.807, 2.05) is 41.6 Å². The Kier molecular flexibility index (Phi) is 3.22. The molecule has 2 aliphatic rings. The van der Waals surface area contributed by atoms with Crippen LogP contribution < -0.4 is 0 Å². The van der Waals surface area contributed by atoms with Gasteiger partial charge in [0, 0.05) is 12.1 Å². The zero-order chi connectivity index (χ0) is 17.0. The highest BCUT2D eigenvalue weighted by Crippen LogP contribution is 2.43. The van der Waals surface area contributed by atoms with E-state index in [1.54, 1.807) is 6.07 Å². The van der Waals surface area contributed by atoms with Gasteiger partial charge in [0.05, 0.1) is 33.7 Å². The van der Waals surface area contributed by atoms with Crippen molar-refractivity contribution in [1.82, 2.24) is 14.5 Å². The maximum Gasteiger partial charge on any atom is 0.258 e. The molecule has 2 aromatic carbocycles. The van der Waals surface area contributed by atoms with Gasteiger partial charge in [-0.05, 0) is 25.0 Å². The third-order valence-corrected chi connectivity index (χ3v) is 5.46. The molecule has 0 N–H and O–H groups in total. The van der Waals surface area contributed by atoms with Crippen LogP contribution in [-0.4, -0.2) is 26.9 Å². The van der Waals surface area contributed by atoms with E-state index in [4.69, 9.17) is 16.6 Å². The number of aromatic nitrogens is 2. The monoisotopic (exact) mass is 349 g/mol. The predicted molar refractivity (Wildman–Crippen MR) is 97.0 cm³/mol. The van der Waals surface area contributed by atoms with Gasteiger partial charge < -0.3 is 4.90 Å². The quantitative estimate of drug-likeness (QED) is 0.649. The number of fused-ring (bicyclic) bond motifs is 5. The average molecular weight is 350 g/mol. The Labute approximate surface area is 150 Å². The average Bonchev–Trinajstić information content (AvgIpc) is 3.26. The molecule has 4 nitrogen and oxygen atoms in total. The van der Waals surface area contributed by atoms with Gasteiger partial charge >= 0.3 is 0 Å². The van der Waals surface area contributed by atoms with Crippen LogP contribution in [0, 0.1) is 0 Å². The van der Waals surface area contributed by atoms with Gasteiger partial charge in [-0.15, -0.1) is 0 Å². The van der Waals surface area contributed by atoms with Gasteiger partial charge in [0.1, 0.15) is 6.33 Å². The molecule has 1 atom stereocenters. The third-order valence-electron chi connectivity index (χ3n) is 5.15. The molecular weight excluding hydrogens is 334 g/mol. The van der Waals surface area contributed by atoms with Crippen LogP contribution in [-0.2, 0) is 0 Å². The molecule has 0 unspecified atom stereocenters. The predicted octanol–water partition coefficient (Wildman–Crippen LogP) is 4.48. The van der Waals surface area contributed by atoms with Crippen LogP contribution in [0.4, 0.5) is 0 Å². The van der Waals surface area contributed by atoms with Crippen LogP contribution in [0.25, 0.3) is 16.9 Å². The second-order valence-electron chi connectivity index (χ2n) is 6.50. The molecule has 1 aromatic heterocycles. The van der Waals surface area contributed by atoms with E-state index in [0.717, 1.165) is 42.0 Å². The van der Waals surface area contributed by atoms with E-state index in [0.29, 0.717) is 10.6 Å². The SMILES string of the molecule is O=C1c2c(Cl)cccc2-n2cnc(-c3ccccc3)c2[C@@H]2CCCN12. The van der Waals surface area contributed by atoms with Crippen molar-refractivity contribution < 1.29 is 4.79 Å². The summed E-state index contributed by atoms with van der Waals surface area (Å²) in [5, 5.41) is 0.496. The van der Waals surface area contributed by atoms with Crippen molar-refractivity contribution in [2.45, 2.75) is 18.9 Å². The lowest BCUT2D eigenvalue weighted by atomic mass is 10.0. The molecule has 3 aromatic rings. The second-order valence-corrected chi connectivity index (χ2v) is 6.91. The van der Waals surface area contributed by atoms with Crippen molar-refractivity contribution in [2.75, 3.05) is 6.54 Å². The smallest absolute Gasteiger partial charge is 0.258 e. The van der Waals surface area contributed by atoms with Crippen molar-refractivity contribution in [2.24, 2.45) is 0 Å². The summed E-state index contributed by atoms with van der Waals surface area (Å²) in [4.78, 5) is 19.8. The first-order valence-corrected chi connectivity index (χ1v) is 8.86. The standard InChI is InChI=1S/C20H16ClN3O/c21-14-8-4-9-15-17(14)20(25)23-11-5-10-16(23)19-18(22-12-24(15)19)13-6-2-1-3-7-13/h1-4,6-9,12,16H,5,10-11H2/t16-/m0/s1. The molecule has 3 heterocycles. The Morgan fingerprint density at radius 3 is 2.76 bits per heavy atom. The maximum atomic E-state index is 13.2. The van der Waals surface area contributed by atoms with Gasteiger partial charge in [0.2, 0.25) is 0 Å². The fourth-order valence-electron chi connectivity index (χ4n) is 4.05. The fourth-order valence-corrected chi connectivity index (χ4v) is 4.30. The number of hydrogen-bond acceptors (Lipinski definition) is 2. The molecule has 124 valence electrons. The lowest BCUT2D eigenvalue weighted by molar-refractivity contribution is 0.0739. The summed E-state index contributed by atoms with van der Waals surface area (Å²) in [5.74, 6) is 0.0193. The van der Waals surface area contributed by atoms with Gasteiger partial charge in [0.25, 0.3) is 5.91 Å². The molecule has 5 heteroatoms. The Morgan fingerprint density at radius 1 is 1.08 bits per heavy atom. The van der Waals surface area contributed by atoms with Crippen molar-refractivity contribution in [3.8, 4) is 16.9 Å². The molecule has 0 saturated carbocycles. The van der Waals surface area contributed by atoms with Crippen LogP contribution in [0.5, 0.6) is 0 Å². The van der Waals surface area contributed by atoms with Crippen LogP contribution in [0.2, 0.25) is 5.02 Å². The van der Waals surface area contributed by atoms with E-state index in [-0.39, 0.29) is 11.9 Å². The lowest BCUT2D eigenvalue weighted by Crippen LogP contribution is -2.29. The van der Waals surface area contributed by atoms with Crippen molar-refractivity contribution in [3.05, 3.63) is 71.1 Å². The molecule has 5 rings (SSSR count). The first-order chi connectivity index (χ1) is 12.3. The molecule has 0 spiro atoms. The van der Waals surface area contributed by atoms with E-state index < -0.39 is 0 Å². The summed E-state index contributed by atoms with van der Waals surface area (Å²) in [6.45, 7) is 0.758. The highest BCUT2D eigenvalue weighted by Gasteiger charge is 2.39. The minimum atomic E-state index is 0.0193. The topological polar surface area (TPSA) is 38.1 Å². The molecule has 1 fully saturated rings. The van der Waals surface area contributed by atoms with Crippen molar-refractivity contribution in [1.29, 1.82) is 0 Å². The van der Waals surface area contributed by atoms with Crippen molar-refractivity contribution >= 4 is 17.5 Å². The molecule has 0 bridgehead atoms. The largest absolute Gasteiger partial charge is 0.330 e. The normalized spacial score (nSPS) is 18.5. The molecule has 1 amide bonds. The Morgan fingerprint density at radius 2 is 1.92 bits per heavy atom. The van der Waals surface area contributed by atoms with Gasteiger partial charge in [-0.1, -0.05) is 48.0 Å². The van der Waals surface area contributed by atoms with E-state index in [9.17, 15) is 4.79 Å². The number of amides is 1. The summed E-state index contributed by atoms with van der Waals surface area (Å²) >= 11 is 6.41. The van der Waals surface area contributed by atoms with E-state index in [2.05, 4.69) is 16.7 Å². The first-order valence-electron chi connectivity index (χ1n) is 8.48. The van der Waals surface area contributed by atoms with Gasteiger partial charge in [-0.3, -0.25) is 9.36 Å². The Balaban J connectivity index is 1.83. The highest BCUT2D eigenvalue weighted by atomic mass is 35.5. The molecule has 0 aliphatic carbocycles. The van der Waals surface area contributed by atoms with Crippen LogP contribution >= 0.6 is 11.6 Å². The summed E-state index contributed by atoms with van der Waals surface area (Å²) in [6, 6.07) is 15.8. The molecule has 1 saturated heterocycles. The van der Waals surface area contributed by atoms with E-state index >= 15 is 0 Å². The zero-order valence-electron chi connectivity index (χ0n) is 13.5. The summed E-state index contributed by atoms with van der Waals surface area (Å²) in [5.41, 5.74) is 4.49. The first kappa shape index (κ1) is 14.7. The molecule has 0 radical (unpaired) electrons. The Bertz CT molecular complexity index is 980. The third kappa shape index (κ3) is 2.07. The van der Waals surface area contributed by atoms with Gasteiger partial charge in [-0.25, -0.2) is 4.98 Å².